The number of esters is 1. The van der Waals surface area contributed by atoms with E-state index in [0.29, 0.717) is 5.03 Å². The van der Waals surface area contributed by atoms with Gasteiger partial charge in [0.15, 0.2) is 6.61 Å². The number of rotatable bonds is 6. The molecule has 1 atom stereocenters. The minimum atomic E-state index is -0.444. The number of para-hydroxylation sites is 2. The summed E-state index contributed by atoms with van der Waals surface area (Å²) in [5.41, 5.74) is 4.07. The summed E-state index contributed by atoms with van der Waals surface area (Å²) in [5.74, 6) is -0.558. The van der Waals surface area contributed by atoms with Crippen molar-refractivity contribution in [2.45, 2.75) is 30.3 Å². The Kier molecular flexibility index (Phi) is 6.28. The minimum absolute atomic E-state index is 0.0309. The summed E-state index contributed by atoms with van der Waals surface area (Å²) in [6.07, 6.45) is 4.64. The third-order valence-corrected chi connectivity index (χ3v) is 6.19. The van der Waals surface area contributed by atoms with Crippen LogP contribution in [0.5, 0.6) is 0 Å². The standard InChI is InChI=1S/C23H23N3O3S/c1-26(20-12-6-8-16-7-2-3-9-17(16)20)22(27)14-29-23(28)15-30-21-13-24-18-10-4-5-11-19(18)25-21/h2-5,7,9-11,13,20H,6,8,12,14-15H2,1H3. The Hall–Kier alpha value is -2.93. The molecule has 1 heterocycles. The highest BCUT2D eigenvalue weighted by Gasteiger charge is 2.26. The third-order valence-electron chi connectivity index (χ3n) is 5.32. The van der Waals surface area contributed by atoms with Gasteiger partial charge in [0.1, 0.15) is 5.03 Å². The number of amides is 1. The van der Waals surface area contributed by atoms with Gasteiger partial charge in [-0.1, -0.05) is 48.2 Å². The van der Waals surface area contributed by atoms with Crippen molar-refractivity contribution in [2.24, 2.45) is 0 Å². The average Bonchev–Trinajstić information content (AvgIpc) is 2.80. The highest BCUT2D eigenvalue weighted by molar-refractivity contribution is 7.99. The van der Waals surface area contributed by atoms with E-state index < -0.39 is 5.97 Å². The molecular weight excluding hydrogens is 398 g/mol. The maximum atomic E-state index is 12.6. The molecule has 1 aromatic heterocycles. The number of fused-ring (bicyclic) bond motifs is 2. The van der Waals surface area contributed by atoms with Crippen LogP contribution in [0.15, 0.2) is 59.8 Å². The molecule has 154 valence electrons. The van der Waals surface area contributed by atoms with Gasteiger partial charge in [-0.3, -0.25) is 14.6 Å². The Balaban J connectivity index is 1.28. The van der Waals surface area contributed by atoms with E-state index in [9.17, 15) is 9.59 Å². The normalized spacial score (nSPS) is 15.4. The second kappa shape index (κ2) is 9.26. The lowest BCUT2D eigenvalue weighted by atomic mass is 9.87. The van der Waals surface area contributed by atoms with Gasteiger partial charge in [0.05, 0.1) is 29.0 Å². The smallest absolute Gasteiger partial charge is 0.316 e. The van der Waals surface area contributed by atoms with Gasteiger partial charge >= 0.3 is 5.97 Å². The Labute approximate surface area is 179 Å². The second-order valence-corrected chi connectivity index (χ2v) is 8.25. The third kappa shape index (κ3) is 4.62. The van der Waals surface area contributed by atoms with E-state index in [1.165, 1.54) is 22.9 Å². The molecule has 1 aliphatic carbocycles. The van der Waals surface area contributed by atoms with Crippen LogP contribution >= 0.6 is 11.8 Å². The number of carbonyl (C=O) groups is 2. The molecule has 0 spiro atoms. The van der Waals surface area contributed by atoms with Crippen LogP contribution < -0.4 is 0 Å². The summed E-state index contributed by atoms with van der Waals surface area (Å²) in [4.78, 5) is 35.2. The summed E-state index contributed by atoms with van der Waals surface area (Å²) in [5, 5.41) is 0.646. The number of nitrogens with zero attached hydrogens (tertiary/aromatic N) is 3. The van der Waals surface area contributed by atoms with Crippen molar-refractivity contribution in [3.05, 3.63) is 65.9 Å². The number of ether oxygens (including phenoxy) is 1. The highest BCUT2D eigenvalue weighted by Crippen LogP contribution is 2.33. The number of aryl methyl sites for hydroxylation is 1. The second-order valence-electron chi connectivity index (χ2n) is 7.26. The molecule has 0 aliphatic heterocycles. The molecule has 1 unspecified atom stereocenters. The van der Waals surface area contributed by atoms with Gasteiger partial charge in [0.25, 0.3) is 5.91 Å². The lowest BCUT2D eigenvalue weighted by Crippen LogP contribution is -2.36. The summed E-state index contributed by atoms with van der Waals surface area (Å²) in [6, 6.07) is 15.8. The van der Waals surface area contributed by atoms with Crippen molar-refractivity contribution >= 4 is 34.7 Å². The molecule has 4 rings (SSSR count). The lowest BCUT2D eigenvalue weighted by Gasteiger charge is -2.33. The summed E-state index contributed by atoms with van der Waals surface area (Å²) >= 11 is 1.25. The summed E-state index contributed by atoms with van der Waals surface area (Å²) < 4.78 is 5.21. The first-order chi connectivity index (χ1) is 14.6. The van der Waals surface area contributed by atoms with Crippen LogP contribution in [0.4, 0.5) is 0 Å². The van der Waals surface area contributed by atoms with Crippen LogP contribution in [0.2, 0.25) is 0 Å². The first kappa shape index (κ1) is 20.3. The summed E-state index contributed by atoms with van der Waals surface area (Å²) in [6.45, 7) is -0.252. The Morgan fingerprint density at radius 1 is 1.13 bits per heavy atom. The highest BCUT2D eigenvalue weighted by atomic mass is 32.2. The zero-order valence-corrected chi connectivity index (χ0v) is 17.6. The fourth-order valence-corrected chi connectivity index (χ4v) is 4.37. The first-order valence-electron chi connectivity index (χ1n) is 9.95. The molecule has 0 bridgehead atoms. The largest absolute Gasteiger partial charge is 0.455 e. The van der Waals surface area contributed by atoms with Crippen molar-refractivity contribution < 1.29 is 14.3 Å². The van der Waals surface area contributed by atoms with Gasteiger partial charge in [-0.05, 0) is 42.5 Å². The number of thioether (sulfide) groups is 1. The fourth-order valence-electron chi connectivity index (χ4n) is 3.73. The fraction of sp³-hybridized carbons (Fsp3) is 0.304. The average molecular weight is 422 g/mol. The minimum Gasteiger partial charge on any atom is -0.455 e. The molecule has 6 nitrogen and oxygen atoms in total. The predicted molar refractivity (Wildman–Crippen MR) is 116 cm³/mol. The van der Waals surface area contributed by atoms with Gasteiger partial charge < -0.3 is 9.64 Å². The molecule has 0 radical (unpaired) electrons. The predicted octanol–water partition coefficient (Wildman–Crippen LogP) is 3.80. The van der Waals surface area contributed by atoms with Crippen molar-refractivity contribution in [3.8, 4) is 0 Å². The monoisotopic (exact) mass is 421 g/mol. The zero-order valence-electron chi connectivity index (χ0n) is 16.8. The van der Waals surface area contributed by atoms with Gasteiger partial charge in [-0.25, -0.2) is 4.98 Å². The number of hydrogen-bond donors (Lipinski definition) is 0. The topological polar surface area (TPSA) is 72.4 Å². The van der Waals surface area contributed by atoms with Crippen molar-refractivity contribution in [1.82, 2.24) is 14.9 Å². The van der Waals surface area contributed by atoms with E-state index in [-0.39, 0.29) is 24.3 Å². The van der Waals surface area contributed by atoms with Gasteiger partial charge in [-0.15, -0.1) is 0 Å². The van der Waals surface area contributed by atoms with Crippen LogP contribution in [0, 0.1) is 0 Å². The van der Waals surface area contributed by atoms with E-state index in [1.54, 1.807) is 18.1 Å². The molecule has 0 saturated carbocycles. The van der Waals surface area contributed by atoms with Crippen LogP contribution in [0.3, 0.4) is 0 Å². The molecule has 3 aromatic rings. The van der Waals surface area contributed by atoms with Crippen LogP contribution in [0.1, 0.15) is 30.0 Å². The molecule has 0 fully saturated rings. The number of carbonyl (C=O) groups excluding carboxylic acids is 2. The van der Waals surface area contributed by atoms with E-state index >= 15 is 0 Å². The van der Waals surface area contributed by atoms with Gasteiger partial charge in [0.2, 0.25) is 0 Å². The number of benzene rings is 2. The molecule has 0 N–H and O–H groups in total. The van der Waals surface area contributed by atoms with Crippen molar-refractivity contribution in [1.29, 1.82) is 0 Å². The van der Waals surface area contributed by atoms with Gasteiger partial charge in [0, 0.05) is 7.05 Å². The first-order valence-corrected chi connectivity index (χ1v) is 10.9. The van der Waals surface area contributed by atoms with E-state index in [4.69, 9.17) is 4.74 Å². The van der Waals surface area contributed by atoms with Crippen LogP contribution in [-0.2, 0) is 20.7 Å². The molecule has 7 heteroatoms. The molecule has 1 aliphatic rings. The van der Waals surface area contributed by atoms with Gasteiger partial charge in [-0.2, -0.15) is 0 Å². The molecule has 0 saturated heterocycles. The zero-order chi connectivity index (χ0) is 20.9. The van der Waals surface area contributed by atoms with Crippen molar-refractivity contribution in [3.63, 3.8) is 0 Å². The number of aromatic nitrogens is 2. The van der Waals surface area contributed by atoms with E-state index in [1.807, 2.05) is 36.4 Å². The maximum Gasteiger partial charge on any atom is 0.316 e. The number of likely N-dealkylation sites (N-methyl/N-ethyl adjacent to an activating group) is 1. The van der Waals surface area contributed by atoms with Crippen LogP contribution in [-0.4, -0.2) is 46.2 Å². The summed E-state index contributed by atoms with van der Waals surface area (Å²) in [7, 11) is 1.78. The Morgan fingerprint density at radius 3 is 2.77 bits per heavy atom. The molecule has 30 heavy (non-hydrogen) atoms. The van der Waals surface area contributed by atoms with Crippen LogP contribution in [0.25, 0.3) is 11.0 Å². The molecule has 1 amide bonds. The number of hydrogen-bond acceptors (Lipinski definition) is 6. The Bertz CT molecular complexity index is 1070. The molecule has 2 aromatic carbocycles. The maximum absolute atomic E-state index is 12.6. The lowest BCUT2D eigenvalue weighted by molar-refractivity contribution is -0.150. The SMILES string of the molecule is CN(C(=O)COC(=O)CSc1cnc2ccccc2n1)C1CCCc2ccccc21. The van der Waals surface area contributed by atoms with E-state index in [0.717, 1.165) is 30.3 Å². The molecular formula is C23H23N3O3S. The quantitative estimate of drug-likeness (QED) is 0.445. The Morgan fingerprint density at radius 2 is 1.90 bits per heavy atom. The van der Waals surface area contributed by atoms with E-state index in [2.05, 4.69) is 22.1 Å². The van der Waals surface area contributed by atoms with Crippen molar-refractivity contribution in [2.75, 3.05) is 19.4 Å².